The molecule has 1 heterocycles. The monoisotopic (exact) mass is 322 g/mol. The molecule has 3 rings (SSSR count). The minimum Gasteiger partial charge on any atom is -0.497 e. The lowest BCUT2D eigenvalue weighted by atomic mass is 10.0. The number of benzene rings is 2. The summed E-state index contributed by atoms with van der Waals surface area (Å²) in [5.74, 6) is 0.993. The molecule has 124 valence electrons. The van der Waals surface area contributed by atoms with Gasteiger partial charge in [-0.15, -0.1) is 0 Å². The Hall–Kier alpha value is -2.75. The first-order valence-electron chi connectivity index (χ1n) is 8.08. The van der Waals surface area contributed by atoms with Crippen LogP contribution in [0.2, 0.25) is 0 Å². The van der Waals surface area contributed by atoms with Gasteiger partial charge in [0.2, 0.25) is 0 Å². The predicted molar refractivity (Wildman–Crippen MR) is 98.1 cm³/mol. The Morgan fingerprint density at radius 1 is 1.17 bits per heavy atom. The Labute approximate surface area is 141 Å². The molecule has 0 aliphatic heterocycles. The second-order valence-corrected chi connectivity index (χ2v) is 6.23. The predicted octanol–water partition coefficient (Wildman–Crippen LogP) is 4.86. The van der Waals surface area contributed by atoms with E-state index in [2.05, 4.69) is 24.1 Å². The highest BCUT2D eigenvalue weighted by molar-refractivity contribution is 6.08. The number of anilines is 1. The van der Waals surface area contributed by atoms with Crippen molar-refractivity contribution in [2.75, 3.05) is 12.4 Å². The van der Waals surface area contributed by atoms with Gasteiger partial charge in [0.25, 0.3) is 5.91 Å². The van der Waals surface area contributed by atoms with Crippen LogP contribution in [0.4, 0.5) is 5.69 Å². The van der Waals surface area contributed by atoms with Crippen molar-refractivity contribution in [3.8, 4) is 5.75 Å². The molecule has 0 radical (unpaired) electrons. The van der Waals surface area contributed by atoms with Crippen LogP contribution in [0.3, 0.4) is 0 Å². The van der Waals surface area contributed by atoms with Crippen molar-refractivity contribution >= 4 is 22.5 Å². The van der Waals surface area contributed by atoms with E-state index in [0.717, 1.165) is 33.5 Å². The van der Waals surface area contributed by atoms with Gasteiger partial charge in [-0.3, -0.25) is 4.79 Å². The third-order valence-electron chi connectivity index (χ3n) is 4.32. The molecule has 0 aliphatic carbocycles. The molecule has 3 aromatic rings. The van der Waals surface area contributed by atoms with E-state index in [9.17, 15) is 4.79 Å². The van der Waals surface area contributed by atoms with Crippen LogP contribution >= 0.6 is 0 Å². The zero-order valence-corrected chi connectivity index (χ0v) is 14.4. The van der Waals surface area contributed by atoms with Crippen LogP contribution in [0.5, 0.6) is 5.75 Å². The molecule has 0 unspecified atom stereocenters. The number of fused-ring (bicyclic) bond motifs is 1. The number of methoxy groups -OCH3 is 1. The minimum atomic E-state index is -0.129. The average Bonchev–Trinajstić information content (AvgIpc) is 2.91. The van der Waals surface area contributed by atoms with E-state index in [1.165, 1.54) is 0 Å². The highest BCUT2D eigenvalue weighted by Crippen LogP contribution is 2.28. The first kappa shape index (κ1) is 16.1. The summed E-state index contributed by atoms with van der Waals surface area (Å²) in [5.41, 5.74) is 4.41. The maximum atomic E-state index is 12.8. The van der Waals surface area contributed by atoms with Crippen LogP contribution in [0.1, 0.15) is 41.4 Å². The fourth-order valence-corrected chi connectivity index (χ4v) is 2.96. The lowest BCUT2D eigenvalue weighted by Crippen LogP contribution is -2.15. The van der Waals surface area contributed by atoms with Crippen LogP contribution < -0.4 is 10.1 Å². The van der Waals surface area contributed by atoms with Gasteiger partial charge in [-0.05, 0) is 48.2 Å². The molecule has 0 aliphatic rings. The van der Waals surface area contributed by atoms with Crippen LogP contribution in [-0.2, 0) is 0 Å². The standard InChI is InChI=1S/C20H22N2O2/c1-12(2)15-7-5-6-8-17(15)22-20(23)19-13(3)16-11-14(24-4)9-10-18(16)21-19/h5-12,21H,1-4H3,(H,22,23). The van der Waals surface area contributed by atoms with E-state index in [4.69, 9.17) is 4.74 Å². The number of aryl methyl sites for hydroxylation is 1. The van der Waals surface area contributed by atoms with Crippen LogP contribution in [0.25, 0.3) is 10.9 Å². The van der Waals surface area contributed by atoms with Crippen molar-refractivity contribution < 1.29 is 9.53 Å². The van der Waals surface area contributed by atoms with E-state index >= 15 is 0 Å². The number of para-hydroxylation sites is 1. The second kappa shape index (κ2) is 6.40. The van der Waals surface area contributed by atoms with E-state index < -0.39 is 0 Å². The molecule has 4 nitrogen and oxygen atoms in total. The largest absolute Gasteiger partial charge is 0.497 e. The number of aromatic amines is 1. The lowest BCUT2D eigenvalue weighted by Gasteiger charge is -2.13. The SMILES string of the molecule is COc1ccc2[nH]c(C(=O)Nc3ccccc3C(C)C)c(C)c2c1. The van der Waals surface area contributed by atoms with E-state index in [1.54, 1.807) is 7.11 Å². The number of hydrogen-bond donors (Lipinski definition) is 2. The zero-order valence-electron chi connectivity index (χ0n) is 14.4. The molecule has 1 amide bonds. The van der Waals surface area contributed by atoms with E-state index in [-0.39, 0.29) is 5.91 Å². The Bertz CT molecular complexity index is 894. The first-order valence-corrected chi connectivity index (χ1v) is 8.08. The number of carbonyl (C=O) groups excluding carboxylic acids is 1. The molecule has 4 heteroatoms. The van der Waals surface area contributed by atoms with Crippen LogP contribution in [0.15, 0.2) is 42.5 Å². The molecule has 0 atom stereocenters. The number of amides is 1. The zero-order chi connectivity index (χ0) is 17.3. The molecule has 0 saturated heterocycles. The molecule has 24 heavy (non-hydrogen) atoms. The van der Waals surface area contributed by atoms with Gasteiger partial charge in [0.15, 0.2) is 0 Å². The minimum absolute atomic E-state index is 0.129. The van der Waals surface area contributed by atoms with Gasteiger partial charge in [-0.1, -0.05) is 32.0 Å². The summed E-state index contributed by atoms with van der Waals surface area (Å²) in [6, 6.07) is 13.7. The number of ether oxygens (including phenoxy) is 1. The third kappa shape index (κ3) is 2.87. The maximum Gasteiger partial charge on any atom is 0.272 e. The molecule has 0 saturated carbocycles. The number of carbonyl (C=O) groups is 1. The fraction of sp³-hybridized carbons (Fsp3) is 0.250. The summed E-state index contributed by atoms with van der Waals surface area (Å²) >= 11 is 0. The molecule has 1 aromatic heterocycles. The van der Waals surface area contributed by atoms with Crippen LogP contribution in [-0.4, -0.2) is 18.0 Å². The molecule has 0 spiro atoms. The van der Waals surface area contributed by atoms with E-state index in [0.29, 0.717) is 11.6 Å². The molecule has 0 fully saturated rings. The quantitative estimate of drug-likeness (QED) is 0.720. The van der Waals surface area contributed by atoms with Gasteiger partial charge in [-0.25, -0.2) is 0 Å². The molecule has 2 N–H and O–H groups in total. The Morgan fingerprint density at radius 2 is 1.92 bits per heavy atom. The molecular formula is C20H22N2O2. The average molecular weight is 322 g/mol. The topological polar surface area (TPSA) is 54.1 Å². The summed E-state index contributed by atoms with van der Waals surface area (Å²) in [6.45, 7) is 6.18. The number of nitrogens with one attached hydrogen (secondary N) is 2. The summed E-state index contributed by atoms with van der Waals surface area (Å²) in [5, 5.41) is 4.03. The normalized spacial score (nSPS) is 11.0. The van der Waals surface area contributed by atoms with Gasteiger partial charge in [-0.2, -0.15) is 0 Å². The fourth-order valence-electron chi connectivity index (χ4n) is 2.96. The van der Waals surface area contributed by atoms with Gasteiger partial charge in [0.05, 0.1) is 7.11 Å². The van der Waals surface area contributed by atoms with Crippen molar-refractivity contribution in [1.29, 1.82) is 0 Å². The van der Waals surface area contributed by atoms with Gasteiger partial charge >= 0.3 is 0 Å². The molecule has 0 bridgehead atoms. The summed E-state index contributed by atoms with van der Waals surface area (Å²) in [6.07, 6.45) is 0. The second-order valence-electron chi connectivity index (χ2n) is 6.23. The van der Waals surface area contributed by atoms with Gasteiger partial charge in [0, 0.05) is 16.6 Å². The van der Waals surface area contributed by atoms with E-state index in [1.807, 2.05) is 49.4 Å². The van der Waals surface area contributed by atoms with Crippen molar-refractivity contribution in [1.82, 2.24) is 4.98 Å². The number of hydrogen-bond acceptors (Lipinski definition) is 2. The highest BCUT2D eigenvalue weighted by atomic mass is 16.5. The lowest BCUT2D eigenvalue weighted by molar-refractivity contribution is 0.102. The van der Waals surface area contributed by atoms with Crippen molar-refractivity contribution in [2.45, 2.75) is 26.7 Å². The smallest absolute Gasteiger partial charge is 0.272 e. The van der Waals surface area contributed by atoms with Crippen molar-refractivity contribution in [3.05, 3.63) is 59.3 Å². The number of H-pyrrole nitrogens is 1. The van der Waals surface area contributed by atoms with Gasteiger partial charge in [0.1, 0.15) is 11.4 Å². The summed E-state index contributed by atoms with van der Waals surface area (Å²) in [4.78, 5) is 16.0. The molecular weight excluding hydrogens is 300 g/mol. The Morgan fingerprint density at radius 3 is 2.62 bits per heavy atom. The number of aromatic nitrogens is 1. The summed E-state index contributed by atoms with van der Waals surface area (Å²) < 4.78 is 5.27. The Kier molecular flexibility index (Phi) is 4.30. The maximum absolute atomic E-state index is 12.8. The van der Waals surface area contributed by atoms with Crippen LogP contribution in [0, 0.1) is 6.92 Å². The third-order valence-corrected chi connectivity index (χ3v) is 4.32. The summed E-state index contributed by atoms with van der Waals surface area (Å²) in [7, 11) is 1.64. The van der Waals surface area contributed by atoms with Gasteiger partial charge < -0.3 is 15.0 Å². The van der Waals surface area contributed by atoms with Crippen molar-refractivity contribution in [3.63, 3.8) is 0 Å². The first-order chi connectivity index (χ1) is 11.5. The molecule has 2 aromatic carbocycles. The van der Waals surface area contributed by atoms with Crippen molar-refractivity contribution in [2.24, 2.45) is 0 Å². The number of rotatable bonds is 4. The highest BCUT2D eigenvalue weighted by Gasteiger charge is 2.17. The Balaban J connectivity index is 1.96.